The molecule has 0 aromatic heterocycles. The number of aliphatic hydroxyl groups excluding tert-OH is 1. The molecule has 4 saturated carbocycles. The maximum Gasteiger partial charge on any atom is 0.407 e. The van der Waals surface area contributed by atoms with E-state index in [2.05, 4.69) is 16.0 Å². The van der Waals surface area contributed by atoms with E-state index >= 15 is 0 Å². The second kappa shape index (κ2) is 10.9. The number of carbonyl (C=O) groups is 3. The number of carbonyl (C=O) groups excluding carboxylic acids is 3. The van der Waals surface area contributed by atoms with Crippen molar-refractivity contribution in [1.29, 1.82) is 0 Å². The van der Waals surface area contributed by atoms with Crippen LogP contribution in [0, 0.1) is 29.1 Å². The molecule has 0 spiro atoms. The summed E-state index contributed by atoms with van der Waals surface area (Å²) >= 11 is 0. The first-order valence-corrected chi connectivity index (χ1v) is 14.9. The highest BCUT2D eigenvalue weighted by Crippen LogP contribution is 2.61. The lowest BCUT2D eigenvalue weighted by Gasteiger charge is -2.59. The molecule has 3 amide bonds. The van der Waals surface area contributed by atoms with Gasteiger partial charge in [-0.25, -0.2) is 4.79 Å². The van der Waals surface area contributed by atoms with E-state index in [1.807, 2.05) is 0 Å². The Morgan fingerprint density at radius 2 is 1.87 bits per heavy atom. The van der Waals surface area contributed by atoms with Gasteiger partial charge in [0.2, 0.25) is 17.3 Å². The third kappa shape index (κ3) is 6.78. The maximum absolute atomic E-state index is 13.2. The largest absolute Gasteiger partial charge is 0.449 e. The van der Waals surface area contributed by atoms with Crippen LogP contribution in [0.5, 0.6) is 0 Å². The van der Waals surface area contributed by atoms with Crippen molar-refractivity contribution in [3.63, 3.8) is 0 Å². The van der Waals surface area contributed by atoms with Gasteiger partial charge in [-0.2, -0.15) is 8.42 Å². The van der Waals surface area contributed by atoms with Gasteiger partial charge in [-0.05, 0) is 75.5 Å². The molecule has 6 atom stereocenters. The van der Waals surface area contributed by atoms with Gasteiger partial charge >= 0.3 is 6.09 Å². The Morgan fingerprint density at radius 1 is 1.21 bits per heavy atom. The second-order valence-corrected chi connectivity index (χ2v) is 13.8. The molecule has 0 aromatic rings. The van der Waals surface area contributed by atoms with Crippen LogP contribution in [0.2, 0.25) is 0 Å². The molecule has 5 rings (SSSR count). The number of amides is 3. The van der Waals surface area contributed by atoms with Gasteiger partial charge in [-0.15, -0.1) is 0 Å². The SMILES string of the molecule is [2H]C([2H])(OC(=O)N[C@@H](CC(C)C)C(=O)N[C@@H](C[C@H]1CCNC1=O)C(O)S(=O)(=O)O)C12CC3CC(CC(O)(C3)C1)C2. The number of hydrogen-bond donors (Lipinski definition) is 6. The lowest BCUT2D eigenvalue weighted by molar-refractivity contribution is -0.175. The van der Waals surface area contributed by atoms with Crippen LogP contribution in [0.25, 0.3) is 0 Å². The van der Waals surface area contributed by atoms with Crippen molar-refractivity contribution in [3.8, 4) is 0 Å². The molecule has 4 aliphatic carbocycles. The van der Waals surface area contributed by atoms with E-state index < -0.39 is 63.1 Å². The molecule has 6 N–H and O–H groups in total. The van der Waals surface area contributed by atoms with Crippen molar-refractivity contribution in [2.45, 2.75) is 94.8 Å². The van der Waals surface area contributed by atoms with Crippen molar-refractivity contribution in [1.82, 2.24) is 16.0 Å². The van der Waals surface area contributed by atoms with Crippen LogP contribution in [-0.2, 0) is 24.4 Å². The van der Waals surface area contributed by atoms with E-state index in [1.165, 1.54) is 0 Å². The Kier molecular flexibility index (Phi) is 7.53. The van der Waals surface area contributed by atoms with Crippen LogP contribution in [-0.4, -0.2) is 77.3 Å². The predicted octanol–water partition coefficient (Wildman–Crippen LogP) is 0.676. The highest BCUT2D eigenvalue weighted by Gasteiger charge is 2.57. The Labute approximate surface area is 226 Å². The zero-order valence-electron chi connectivity index (χ0n) is 23.8. The quantitative estimate of drug-likeness (QED) is 0.197. The van der Waals surface area contributed by atoms with E-state index in [9.17, 15) is 37.6 Å². The topological polar surface area (TPSA) is 191 Å². The first-order valence-electron chi connectivity index (χ1n) is 14.4. The smallest absolute Gasteiger partial charge is 0.407 e. The van der Waals surface area contributed by atoms with Crippen molar-refractivity contribution >= 4 is 28.0 Å². The molecule has 4 bridgehead atoms. The minimum Gasteiger partial charge on any atom is -0.449 e. The molecule has 5 aliphatic rings. The summed E-state index contributed by atoms with van der Waals surface area (Å²) in [5, 5.41) is 28.6. The van der Waals surface area contributed by atoms with Gasteiger partial charge < -0.3 is 30.9 Å². The lowest BCUT2D eigenvalue weighted by Crippen LogP contribution is -2.57. The monoisotopic (exact) mass is 561 g/mol. The average molecular weight is 562 g/mol. The van der Waals surface area contributed by atoms with Crippen molar-refractivity contribution < 1.29 is 45.0 Å². The van der Waals surface area contributed by atoms with Gasteiger partial charge in [0, 0.05) is 17.9 Å². The molecule has 1 heterocycles. The average Bonchev–Trinajstić information content (AvgIpc) is 3.18. The Morgan fingerprint density at radius 3 is 2.39 bits per heavy atom. The summed E-state index contributed by atoms with van der Waals surface area (Å²) in [5.41, 5.74) is -4.42. The van der Waals surface area contributed by atoms with Crippen molar-refractivity contribution in [2.75, 3.05) is 13.1 Å². The molecule has 38 heavy (non-hydrogen) atoms. The van der Waals surface area contributed by atoms with Gasteiger partial charge in [0.1, 0.15) is 6.04 Å². The fourth-order valence-electron chi connectivity index (χ4n) is 7.28. The summed E-state index contributed by atoms with van der Waals surface area (Å²) in [6.07, 6.45) is 2.28. The number of ether oxygens (including phenoxy) is 1. The first-order chi connectivity index (χ1) is 18.4. The van der Waals surface area contributed by atoms with Gasteiger partial charge in [-0.1, -0.05) is 13.8 Å². The normalized spacial score (nSPS) is 35.6. The Bertz CT molecular complexity index is 1100. The minimum absolute atomic E-state index is 0.0670. The zero-order chi connectivity index (χ0) is 29.7. The molecule has 3 unspecified atom stereocenters. The molecule has 0 aromatic carbocycles. The first kappa shape index (κ1) is 26.3. The van der Waals surface area contributed by atoms with Crippen LogP contribution >= 0.6 is 0 Å². The van der Waals surface area contributed by atoms with E-state index in [1.54, 1.807) is 13.8 Å². The molecular formula is C25H41N3O9S. The van der Waals surface area contributed by atoms with E-state index in [-0.39, 0.29) is 42.9 Å². The second-order valence-electron chi connectivity index (χ2n) is 12.3. The van der Waals surface area contributed by atoms with Gasteiger partial charge in [0.25, 0.3) is 10.1 Å². The van der Waals surface area contributed by atoms with E-state index in [0.29, 0.717) is 38.6 Å². The molecule has 0 radical (unpaired) electrons. The highest BCUT2D eigenvalue weighted by atomic mass is 32.2. The summed E-state index contributed by atoms with van der Waals surface area (Å²) in [6, 6.07) is -2.85. The van der Waals surface area contributed by atoms with Crippen LogP contribution in [0.3, 0.4) is 0 Å². The third-order valence-corrected chi connectivity index (χ3v) is 9.32. The van der Waals surface area contributed by atoms with Crippen LogP contribution in [0.15, 0.2) is 0 Å². The van der Waals surface area contributed by atoms with Crippen molar-refractivity contribution in [3.05, 3.63) is 0 Å². The van der Waals surface area contributed by atoms with Crippen LogP contribution < -0.4 is 16.0 Å². The molecule has 13 heteroatoms. The number of alkyl carbamates (subject to hydrolysis) is 1. The molecular weight excluding hydrogens is 518 g/mol. The van der Waals surface area contributed by atoms with E-state index in [4.69, 9.17) is 7.48 Å². The Balaban J connectivity index is 1.46. The Hall–Kier alpha value is -1.96. The van der Waals surface area contributed by atoms with Gasteiger partial charge in [-0.3, -0.25) is 14.1 Å². The summed E-state index contributed by atoms with van der Waals surface area (Å²) in [4.78, 5) is 38.3. The molecule has 1 aliphatic heterocycles. The predicted molar refractivity (Wildman–Crippen MR) is 135 cm³/mol. The van der Waals surface area contributed by atoms with Crippen LogP contribution in [0.4, 0.5) is 4.79 Å². The molecule has 5 fully saturated rings. The number of aliphatic hydroxyl groups is 2. The summed E-state index contributed by atoms with van der Waals surface area (Å²) in [6.45, 7) is 1.48. The van der Waals surface area contributed by atoms with Gasteiger partial charge in [0.05, 0.1) is 20.9 Å². The highest BCUT2D eigenvalue weighted by molar-refractivity contribution is 7.86. The summed E-state index contributed by atoms with van der Waals surface area (Å²) in [5.74, 6) is -1.80. The lowest BCUT2D eigenvalue weighted by atomic mass is 9.48. The fourth-order valence-corrected chi connectivity index (χ4v) is 7.87. The standard InChI is InChI=1S/C25H41N3O9S/c1-14(2)5-18(21(30)27-19(22(31)38(34,35)36)7-17-3-4-26-20(17)29)28-23(32)37-13-24-8-15-6-16(9-24)11-25(33,10-15)12-24/h14-19,22,31,33H,3-13H2,1-2H3,(H,26,29)(H,27,30)(H,28,32)(H,34,35,36)/t15?,16?,17-,18+,19+,22?,24?,25?/m1/s1/i13D2. The fraction of sp³-hybridized carbons (Fsp3) is 0.880. The van der Waals surface area contributed by atoms with Crippen molar-refractivity contribution in [2.24, 2.45) is 29.1 Å². The summed E-state index contributed by atoms with van der Waals surface area (Å²) < 4.78 is 55.5. The van der Waals surface area contributed by atoms with Crippen LogP contribution in [0.1, 0.15) is 74.4 Å². The maximum atomic E-state index is 13.2. The number of hydrogen-bond acceptors (Lipinski definition) is 8. The third-order valence-electron chi connectivity index (χ3n) is 8.38. The zero-order valence-corrected chi connectivity index (χ0v) is 22.6. The minimum atomic E-state index is -5.00. The molecule has 216 valence electrons. The molecule has 1 saturated heterocycles. The molecule has 12 nitrogen and oxygen atoms in total. The van der Waals surface area contributed by atoms with Gasteiger partial charge in [0.15, 0.2) is 0 Å². The van der Waals surface area contributed by atoms with E-state index in [0.717, 1.165) is 6.42 Å². The number of nitrogens with one attached hydrogen (secondary N) is 3. The number of rotatable bonds is 11. The summed E-state index contributed by atoms with van der Waals surface area (Å²) in [7, 11) is -5.00.